The molecule has 30 heavy (non-hydrogen) atoms. The fraction of sp³-hybridized carbons (Fsp3) is 0.409. The number of hydrogen-bond acceptors (Lipinski definition) is 5. The lowest BCUT2D eigenvalue weighted by Gasteiger charge is -2.24. The van der Waals surface area contributed by atoms with Crippen molar-refractivity contribution in [2.45, 2.75) is 37.1 Å². The molecule has 2 aromatic carbocycles. The van der Waals surface area contributed by atoms with Gasteiger partial charge in [0.05, 0.1) is 24.8 Å². The molecule has 1 aliphatic heterocycles. The van der Waals surface area contributed by atoms with E-state index >= 15 is 0 Å². The first kappa shape index (κ1) is 20.5. The summed E-state index contributed by atoms with van der Waals surface area (Å²) in [5.41, 5.74) is 2.12. The number of benzene rings is 2. The van der Waals surface area contributed by atoms with Crippen LogP contribution in [0.2, 0.25) is 0 Å². The highest BCUT2D eigenvalue weighted by Crippen LogP contribution is 2.40. The number of rotatable bonds is 6. The summed E-state index contributed by atoms with van der Waals surface area (Å²) in [5.74, 6) is 1.25. The van der Waals surface area contributed by atoms with Gasteiger partial charge in [-0.05, 0) is 62.1 Å². The zero-order valence-electron chi connectivity index (χ0n) is 17.6. The molecule has 2 aliphatic rings. The summed E-state index contributed by atoms with van der Waals surface area (Å²) < 4.78 is 38.4. The van der Waals surface area contributed by atoms with Crippen molar-refractivity contribution in [1.82, 2.24) is 0 Å². The Morgan fingerprint density at radius 1 is 1.10 bits per heavy atom. The van der Waals surface area contributed by atoms with E-state index in [1.807, 2.05) is 11.8 Å². The summed E-state index contributed by atoms with van der Waals surface area (Å²) in [5, 5.41) is 0. The average molecular weight is 431 g/mol. The molecule has 8 heteroatoms. The van der Waals surface area contributed by atoms with E-state index < -0.39 is 10.0 Å². The van der Waals surface area contributed by atoms with Crippen LogP contribution in [0.4, 0.5) is 11.4 Å². The number of anilines is 2. The highest BCUT2D eigenvalue weighted by atomic mass is 32.2. The second kappa shape index (κ2) is 7.50. The Bertz CT molecular complexity index is 1090. The third-order valence-electron chi connectivity index (χ3n) is 5.82. The number of hydrogen-bond donors (Lipinski definition) is 0. The summed E-state index contributed by atoms with van der Waals surface area (Å²) in [4.78, 5) is 14.7. The first-order chi connectivity index (χ1) is 14.3. The number of carbonyl (C=O) groups is 1. The van der Waals surface area contributed by atoms with Gasteiger partial charge in [0.2, 0.25) is 5.91 Å². The Morgan fingerprint density at radius 3 is 2.47 bits per heavy atom. The second-order valence-corrected chi connectivity index (χ2v) is 9.81. The van der Waals surface area contributed by atoms with E-state index in [0.29, 0.717) is 23.6 Å². The minimum atomic E-state index is -3.82. The van der Waals surface area contributed by atoms with Gasteiger partial charge in [-0.2, -0.15) is 0 Å². The monoisotopic (exact) mass is 430 g/mol. The van der Waals surface area contributed by atoms with Gasteiger partial charge in [0.25, 0.3) is 10.0 Å². The van der Waals surface area contributed by atoms with Gasteiger partial charge in [-0.25, -0.2) is 8.42 Å². The van der Waals surface area contributed by atoms with E-state index in [4.69, 9.17) is 9.47 Å². The Hall–Kier alpha value is -2.74. The Morgan fingerprint density at radius 2 is 1.83 bits per heavy atom. The summed E-state index contributed by atoms with van der Waals surface area (Å²) in [6.45, 7) is 2.00. The molecule has 2 aromatic rings. The molecule has 0 spiro atoms. The van der Waals surface area contributed by atoms with Crippen molar-refractivity contribution in [3.05, 3.63) is 42.0 Å². The fourth-order valence-corrected chi connectivity index (χ4v) is 5.22. The molecule has 160 valence electrons. The van der Waals surface area contributed by atoms with Crippen molar-refractivity contribution in [3.63, 3.8) is 0 Å². The van der Waals surface area contributed by atoms with Crippen LogP contribution in [0.25, 0.3) is 0 Å². The topological polar surface area (TPSA) is 76.2 Å². The zero-order chi connectivity index (χ0) is 21.6. The van der Waals surface area contributed by atoms with Crippen LogP contribution in [-0.2, 0) is 21.2 Å². The first-order valence-electron chi connectivity index (χ1n) is 9.95. The van der Waals surface area contributed by atoms with Gasteiger partial charge in [0.15, 0.2) is 0 Å². The van der Waals surface area contributed by atoms with Crippen molar-refractivity contribution in [2.24, 2.45) is 5.92 Å². The molecular weight excluding hydrogens is 404 g/mol. The standard InChI is InChI=1S/C22H26N2O5S/c1-14-11-16-12-18(8-10-19(16)24(14)22(25)15-5-6-15)30(26,27)23(2)20-9-7-17(28-3)13-21(20)29-4/h7-10,12-15H,5-6,11H2,1-4H3/t14-/m0/s1. The van der Waals surface area contributed by atoms with Crippen LogP contribution in [0.15, 0.2) is 41.3 Å². The minimum absolute atomic E-state index is 0.0328. The second-order valence-electron chi connectivity index (χ2n) is 7.84. The maximum absolute atomic E-state index is 13.3. The number of nitrogens with zero attached hydrogens (tertiary/aromatic N) is 2. The smallest absolute Gasteiger partial charge is 0.264 e. The van der Waals surface area contributed by atoms with Crippen LogP contribution in [0.5, 0.6) is 11.5 Å². The third kappa shape index (κ3) is 3.39. The van der Waals surface area contributed by atoms with Gasteiger partial charge in [-0.3, -0.25) is 9.10 Å². The molecule has 1 aliphatic carbocycles. The quantitative estimate of drug-likeness (QED) is 0.703. The van der Waals surface area contributed by atoms with Gasteiger partial charge in [-0.1, -0.05) is 0 Å². The Balaban J connectivity index is 1.67. The molecule has 0 bridgehead atoms. The lowest BCUT2D eigenvalue weighted by atomic mass is 10.1. The molecule has 0 aromatic heterocycles. The Kier molecular flexibility index (Phi) is 5.13. The van der Waals surface area contributed by atoms with Crippen LogP contribution >= 0.6 is 0 Å². The number of carbonyl (C=O) groups excluding carboxylic acids is 1. The van der Waals surface area contributed by atoms with Crippen LogP contribution in [0.3, 0.4) is 0 Å². The van der Waals surface area contributed by atoms with E-state index in [9.17, 15) is 13.2 Å². The molecule has 0 unspecified atom stereocenters. The summed E-state index contributed by atoms with van der Waals surface area (Å²) >= 11 is 0. The fourth-order valence-electron chi connectivity index (χ4n) is 3.96. The van der Waals surface area contributed by atoms with Gasteiger partial charge in [0, 0.05) is 30.8 Å². The average Bonchev–Trinajstić information content (AvgIpc) is 3.54. The number of ether oxygens (including phenoxy) is 2. The molecule has 1 saturated carbocycles. The highest BCUT2D eigenvalue weighted by molar-refractivity contribution is 7.92. The normalized spacial score (nSPS) is 18.1. The molecule has 4 rings (SSSR count). The molecular formula is C22H26N2O5S. The molecule has 0 N–H and O–H groups in total. The van der Waals surface area contributed by atoms with Crippen LogP contribution in [0.1, 0.15) is 25.3 Å². The van der Waals surface area contributed by atoms with Crippen LogP contribution in [-0.4, -0.2) is 41.6 Å². The van der Waals surface area contributed by atoms with Crippen molar-refractivity contribution in [1.29, 1.82) is 0 Å². The molecule has 7 nitrogen and oxygen atoms in total. The van der Waals surface area contributed by atoms with E-state index in [0.717, 1.165) is 24.1 Å². The summed E-state index contributed by atoms with van der Waals surface area (Å²) in [6, 6.07) is 10.0. The number of fused-ring (bicyclic) bond motifs is 1. The number of amides is 1. The van der Waals surface area contributed by atoms with Crippen molar-refractivity contribution in [2.75, 3.05) is 30.5 Å². The molecule has 0 saturated heterocycles. The predicted octanol–water partition coefficient (Wildman–Crippen LogP) is 3.22. The zero-order valence-corrected chi connectivity index (χ0v) is 18.4. The van der Waals surface area contributed by atoms with Crippen molar-refractivity contribution in [3.8, 4) is 11.5 Å². The first-order valence-corrected chi connectivity index (χ1v) is 11.4. The third-order valence-corrected chi connectivity index (χ3v) is 7.58. The predicted molar refractivity (Wildman–Crippen MR) is 115 cm³/mol. The van der Waals surface area contributed by atoms with Gasteiger partial charge in [0.1, 0.15) is 11.5 Å². The maximum Gasteiger partial charge on any atom is 0.264 e. The largest absolute Gasteiger partial charge is 0.497 e. The number of methoxy groups -OCH3 is 2. The molecule has 1 fully saturated rings. The van der Waals surface area contributed by atoms with Gasteiger partial charge < -0.3 is 14.4 Å². The molecule has 0 radical (unpaired) electrons. The van der Waals surface area contributed by atoms with E-state index in [1.54, 1.807) is 36.4 Å². The minimum Gasteiger partial charge on any atom is -0.497 e. The van der Waals surface area contributed by atoms with Gasteiger partial charge >= 0.3 is 0 Å². The van der Waals surface area contributed by atoms with Crippen LogP contribution in [0, 0.1) is 5.92 Å². The lowest BCUT2D eigenvalue weighted by molar-refractivity contribution is -0.120. The SMILES string of the molecule is COc1ccc(N(C)S(=O)(=O)c2ccc3c(c2)C[C@H](C)N3C(=O)C2CC2)c(OC)c1. The van der Waals surface area contributed by atoms with E-state index in [1.165, 1.54) is 25.6 Å². The summed E-state index contributed by atoms with van der Waals surface area (Å²) in [7, 11) is 0.709. The molecule has 1 atom stereocenters. The van der Waals surface area contributed by atoms with Crippen LogP contribution < -0.4 is 18.7 Å². The lowest BCUT2D eigenvalue weighted by Crippen LogP contribution is -2.36. The molecule has 1 amide bonds. The van der Waals surface area contributed by atoms with Gasteiger partial charge in [-0.15, -0.1) is 0 Å². The Labute approximate surface area is 177 Å². The van der Waals surface area contributed by atoms with E-state index in [2.05, 4.69) is 0 Å². The number of sulfonamides is 1. The molecule has 1 heterocycles. The summed E-state index contributed by atoms with van der Waals surface area (Å²) in [6.07, 6.45) is 2.53. The van der Waals surface area contributed by atoms with Crippen molar-refractivity contribution >= 4 is 27.3 Å². The highest BCUT2D eigenvalue weighted by Gasteiger charge is 2.40. The van der Waals surface area contributed by atoms with Crippen molar-refractivity contribution < 1.29 is 22.7 Å². The van der Waals surface area contributed by atoms with E-state index in [-0.39, 0.29) is 22.8 Å². The maximum atomic E-state index is 13.3.